The van der Waals surface area contributed by atoms with Crippen molar-refractivity contribution in [1.82, 2.24) is 0 Å². The minimum atomic E-state index is 1.09. The number of rotatable bonds is 3. The molecule has 0 bridgehead atoms. The second kappa shape index (κ2) is 5.09. The molecule has 0 rings (SSSR count). The molecule has 1 radical (unpaired) electrons. The fourth-order valence-corrected chi connectivity index (χ4v) is 0.493. The van der Waals surface area contributed by atoms with Crippen LogP contribution in [0.15, 0.2) is 12.7 Å². The fraction of sp³-hybridized carbons (Fsp3) is 0.400. The predicted octanol–water partition coefficient (Wildman–Crippen LogP) is 1.74. The average molecular weight is 101 g/mol. The van der Waals surface area contributed by atoms with Gasteiger partial charge in [-0.15, -0.1) is 6.58 Å². The van der Waals surface area contributed by atoms with Crippen LogP contribution in [0, 0.1) is 6.42 Å². The molecule has 0 amide bonds. The molecule has 0 unspecified atom stereocenters. The minimum Gasteiger partial charge on any atom is -0.165 e. The Balaban J connectivity index is 2.49. The summed E-state index contributed by atoms with van der Waals surface area (Å²) in [5.74, 6) is 1.09. The van der Waals surface area contributed by atoms with Crippen LogP contribution >= 0.6 is 11.8 Å². The second-order valence-corrected chi connectivity index (χ2v) is 1.84. The van der Waals surface area contributed by atoms with Gasteiger partial charge < -0.3 is 0 Å². The molecule has 0 aliphatic rings. The summed E-state index contributed by atoms with van der Waals surface area (Å²) in [6, 6.07) is 0. The van der Waals surface area contributed by atoms with E-state index >= 15 is 0 Å². The maximum Gasteiger partial charge on any atom is -0.000138 e. The molecule has 0 aromatic rings. The molecule has 0 saturated carbocycles. The Labute approximate surface area is 43.6 Å². The molecule has 0 fully saturated rings. The van der Waals surface area contributed by atoms with E-state index in [1.165, 1.54) is 0 Å². The SMILES string of the molecule is C=C[CH]CSC. The first kappa shape index (κ1) is 6.09. The molecule has 1 heteroatoms. The third-order valence-electron chi connectivity index (χ3n) is 0.430. The van der Waals surface area contributed by atoms with E-state index in [1.807, 2.05) is 12.5 Å². The van der Waals surface area contributed by atoms with Crippen LogP contribution in [0.4, 0.5) is 0 Å². The quantitative estimate of drug-likeness (QED) is 0.488. The highest BCUT2D eigenvalue weighted by molar-refractivity contribution is 7.98. The Morgan fingerprint density at radius 3 is 2.67 bits per heavy atom. The van der Waals surface area contributed by atoms with E-state index in [1.54, 1.807) is 11.8 Å². The highest BCUT2D eigenvalue weighted by Gasteiger charge is 1.71. The zero-order valence-electron chi connectivity index (χ0n) is 3.98. The molecule has 0 aliphatic heterocycles. The summed E-state index contributed by atoms with van der Waals surface area (Å²) in [6.07, 6.45) is 5.92. The maximum absolute atomic E-state index is 3.53. The lowest BCUT2D eigenvalue weighted by atomic mass is 10.5. The second-order valence-electron chi connectivity index (χ2n) is 0.927. The number of thioether (sulfide) groups is 1. The molecule has 0 aromatic carbocycles. The monoisotopic (exact) mass is 101 g/mol. The molecule has 0 spiro atoms. The van der Waals surface area contributed by atoms with Gasteiger partial charge in [-0.3, -0.25) is 0 Å². The van der Waals surface area contributed by atoms with E-state index in [9.17, 15) is 0 Å². The average Bonchev–Trinajstić information content (AvgIpc) is 1.61. The summed E-state index contributed by atoms with van der Waals surface area (Å²) >= 11 is 1.80. The number of hydrogen-bond donors (Lipinski definition) is 0. The summed E-state index contributed by atoms with van der Waals surface area (Å²) in [5, 5.41) is 0. The van der Waals surface area contributed by atoms with Crippen LogP contribution < -0.4 is 0 Å². The first-order valence-electron chi connectivity index (χ1n) is 1.85. The number of allylic oxidation sites excluding steroid dienone is 1. The fourth-order valence-electron chi connectivity index (χ4n) is 0.164. The van der Waals surface area contributed by atoms with Crippen molar-refractivity contribution in [2.45, 2.75) is 0 Å². The van der Waals surface area contributed by atoms with E-state index in [0.717, 1.165) is 5.75 Å². The van der Waals surface area contributed by atoms with Gasteiger partial charge in [-0.1, -0.05) is 6.08 Å². The maximum atomic E-state index is 3.53. The van der Waals surface area contributed by atoms with Crippen molar-refractivity contribution in [3.05, 3.63) is 19.1 Å². The van der Waals surface area contributed by atoms with Gasteiger partial charge in [0.2, 0.25) is 0 Å². The van der Waals surface area contributed by atoms with Crippen molar-refractivity contribution in [3.8, 4) is 0 Å². The molecule has 0 aromatic heterocycles. The van der Waals surface area contributed by atoms with Gasteiger partial charge in [-0.05, 0) is 18.4 Å². The van der Waals surface area contributed by atoms with Crippen LogP contribution in [0.1, 0.15) is 0 Å². The van der Waals surface area contributed by atoms with Gasteiger partial charge in [0, 0.05) is 0 Å². The predicted molar refractivity (Wildman–Crippen MR) is 32.9 cm³/mol. The first-order chi connectivity index (χ1) is 2.91. The molecule has 0 N–H and O–H groups in total. The topological polar surface area (TPSA) is 0 Å². The standard InChI is InChI=1S/C5H9S/c1-3-4-5-6-2/h3-4H,1,5H2,2H3. The first-order valence-corrected chi connectivity index (χ1v) is 3.24. The normalized spacial score (nSPS) is 8.17. The molecule has 0 saturated heterocycles. The van der Waals surface area contributed by atoms with E-state index in [-0.39, 0.29) is 0 Å². The molecule has 35 valence electrons. The molecule has 0 heterocycles. The zero-order valence-corrected chi connectivity index (χ0v) is 4.79. The zero-order chi connectivity index (χ0) is 4.83. The smallest absolute Gasteiger partial charge is 0.000138 e. The van der Waals surface area contributed by atoms with Gasteiger partial charge in [-0.25, -0.2) is 0 Å². The highest BCUT2D eigenvalue weighted by Crippen LogP contribution is 1.92. The lowest BCUT2D eigenvalue weighted by Gasteiger charge is -1.81. The highest BCUT2D eigenvalue weighted by atomic mass is 32.2. The number of hydrogen-bond acceptors (Lipinski definition) is 1. The minimum absolute atomic E-state index is 1.09. The lowest BCUT2D eigenvalue weighted by Crippen LogP contribution is -1.69. The van der Waals surface area contributed by atoms with Crippen LogP contribution in [0.5, 0.6) is 0 Å². The van der Waals surface area contributed by atoms with Gasteiger partial charge >= 0.3 is 0 Å². The molecule has 0 nitrogen and oxygen atoms in total. The van der Waals surface area contributed by atoms with Crippen LogP contribution in [0.25, 0.3) is 0 Å². The van der Waals surface area contributed by atoms with Gasteiger partial charge in [0.25, 0.3) is 0 Å². The van der Waals surface area contributed by atoms with Crippen molar-refractivity contribution in [2.75, 3.05) is 12.0 Å². The van der Waals surface area contributed by atoms with Crippen molar-refractivity contribution in [2.24, 2.45) is 0 Å². The van der Waals surface area contributed by atoms with Crippen LogP contribution in [-0.2, 0) is 0 Å². The van der Waals surface area contributed by atoms with E-state index in [0.29, 0.717) is 0 Å². The Morgan fingerprint density at radius 1 is 1.83 bits per heavy atom. The van der Waals surface area contributed by atoms with Gasteiger partial charge in [-0.2, -0.15) is 11.8 Å². The van der Waals surface area contributed by atoms with Gasteiger partial charge in [0.05, 0.1) is 0 Å². The summed E-state index contributed by atoms with van der Waals surface area (Å²) in [4.78, 5) is 0. The van der Waals surface area contributed by atoms with Crippen LogP contribution in [0.2, 0.25) is 0 Å². The molecule has 6 heavy (non-hydrogen) atoms. The summed E-state index contributed by atoms with van der Waals surface area (Å²) < 4.78 is 0. The Morgan fingerprint density at radius 2 is 2.50 bits per heavy atom. The van der Waals surface area contributed by atoms with Gasteiger partial charge in [0.1, 0.15) is 0 Å². The molecular weight excluding hydrogens is 92.1 g/mol. The Bertz CT molecular complexity index is 32.9. The molecule has 0 aliphatic carbocycles. The summed E-state index contributed by atoms with van der Waals surface area (Å²) in [7, 11) is 0. The van der Waals surface area contributed by atoms with Gasteiger partial charge in [0.15, 0.2) is 0 Å². The lowest BCUT2D eigenvalue weighted by molar-refractivity contribution is 1.60. The van der Waals surface area contributed by atoms with E-state index in [2.05, 4.69) is 12.8 Å². The van der Waals surface area contributed by atoms with Crippen molar-refractivity contribution >= 4 is 11.8 Å². The van der Waals surface area contributed by atoms with Crippen molar-refractivity contribution in [1.29, 1.82) is 0 Å². The largest absolute Gasteiger partial charge is 0.165 e. The van der Waals surface area contributed by atoms with Crippen LogP contribution in [0.3, 0.4) is 0 Å². The van der Waals surface area contributed by atoms with Crippen molar-refractivity contribution in [3.63, 3.8) is 0 Å². The Kier molecular flexibility index (Phi) is 5.17. The summed E-state index contributed by atoms with van der Waals surface area (Å²) in [6.45, 7) is 3.53. The molecular formula is C5H9S. The van der Waals surface area contributed by atoms with E-state index in [4.69, 9.17) is 0 Å². The molecule has 0 atom stereocenters. The summed E-state index contributed by atoms with van der Waals surface area (Å²) in [5.41, 5.74) is 0. The third-order valence-corrected chi connectivity index (χ3v) is 0.955. The third kappa shape index (κ3) is 4.09. The Hall–Kier alpha value is 0.0900. The van der Waals surface area contributed by atoms with Crippen molar-refractivity contribution < 1.29 is 0 Å². The van der Waals surface area contributed by atoms with Crippen LogP contribution in [-0.4, -0.2) is 12.0 Å². The van der Waals surface area contributed by atoms with E-state index < -0.39 is 0 Å².